The largest absolute Gasteiger partial charge is 0.506 e. The van der Waals surface area contributed by atoms with Crippen LogP contribution >= 0.6 is 0 Å². The van der Waals surface area contributed by atoms with Gasteiger partial charge < -0.3 is 43.6 Å². The van der Waals surface area contributed by atoms with Crippen LogP contribution in [-0.2, 0) is 70.9 Å². The minimum absolute atomic E-state index is 0.0858. The fourth-order valence-electron chi connectivity index (χ4n) is 7.85. The molecule has 6 aromatic rings. The number of carbonyl (C=O) groups is 6. The van der Waals surface area contributed by atoms with Crippen molar-refractivity contribution < 1.29 is 67.0 Å². The molecule has 7 rings (SSSR count). The topological polar surface area (TPSA) is 199 Å². The van der Waals surface area contributed by atoms with Crippen molar-refractivity contribution in [2.45, 2.75) is 46.7 Å². The van der Waals surface area contributed by atoms with Crippen LogP contribution in [0.15, 0.2) is 168 Å². The number of hydrogen-bond donors (Lipinski definition) is 2. The lowest BCUT2D eigenvalue weighted by atomic mass is 9.80. The molecule has 0 radical (unpaired) electrons. The van der Waals surface area contributed by atoms with Crippen molar-refractivity contribution in [3.05, 3.63) is 218 Å². The van der Waals surface area contributed by atoms with Crippen molar-refractivity contribution in [1.29, 1.82) is 0 Å². The minimum atomic E-state index is -1.05. The molecule has 0 saturated heterocycles. The van der Waals surface area contributed by atoms with Crippen molar-refractivity contribution in [3.8, 4) is 17.2 Å². The molecule has 0 spiro atoms. The lowest BCUT2D eigenvalue weighted by molar-refractivity contribution is -0.137. The summed E-state index contributed by atoms with van der Waals surface area (Å²) in [6, 6.07) is 40.0. The number of methoxy groups -OCH3 is 2. The van der Waals surface area contributed by atoms with Gasteiger partial charge in [0.2, 0.25) is 0 Å². The van der Waals surface area contributed by atoms with Gasteiger partial charge in [-0.2, -0.15) is 0 Å². The Hall–Kier alpha value is -8.98. The standard InChI is InChI=1S/C56H49NO14/c1-34-47(55(63)65-3)42(48(35(2)57-34)56(64)66-4)25-40-26-45(53(61)69-32-38-21-13-7-14-22-38)50(46(27-40)54(62)70-33-39-23-15-8-16-24-39)71-41-28-43(51(59)67-30-36-17-9-5-10-18-36)49(58)44(29-41)52(60)68-31-37-19-11-6-12-20-37/h5-24,26-29,42,57-58H,25,30-33H2,1-4H3. The number of dihydropyridines is 1. The van der Waals surface area contributed by atoms with Gasteiger partial charge in [0.05, 0.1) is 25.4 Å². The Morgan fingerprint density at radius 2 is 0.775 bits per heavy atom. The third-order valence-electron chi connectivity index (χ3n) is 11.3. The molecule has 0 unspecified atom stereocenters. The van der Waals surface area contributed by atoms with Crippen LogP contribution in [0.4, 0.5) is 0 Å². The van der Waals surface area contributed by atoms with E-state index in [2.05, 4.69) is 5.32 Å². The van der Waals surface area contributed by atoms with Crippen LogP contribution in [0.1, 0.15) is 83.1 Å². The number of allylic oxidation sites excluding steroid dienone is 2. The Morgan fingerprint density at radius 1 is 0.451 bits per heavy atom. The molecule has 1 aliphatic rings. The number of esters is 6. The predicted octanol–water partition coefficient (Wildman–Crippen LogP) is 9.27. The number of phenols is 1. The third kappa shape index (κ3) is 12.4. The molecule has 6 aromatic carbocycles. The summed E-state index contributed by atoms with van der Waals surface area (Å²) >= 11 is 0. The Balaban J connectivity index is 1.39. The second-order valence-electron chi connectivity index (χ2n) is 16.2. The zero-order valence-corrected chi connectivity index (χ0v) is 39.2. The molecule has 0 atom stereocenters. The number of aromatic hydroxyl groups is 1. The SMILES string of the molecule is COC(=O)C1=C(C)NC(C)=C(C(=O)OC)C1Cc1cc(C(=O)OCc2ccccc2)c(Oc2cc(C(=O)OCc3ccccc3)c(O)c(C(=O)OCc3ccccc3)c2)c(C(=O)OCc2ccccc2)c1. The van der Waals surface area contributed by atoms with Crippen molar-refractivity contribution in [2.75, 3.05) is 14.2 Å². The maximum Gasteiger partial charge on any atom is 0.342 e. The van der Waals surface area contributed by atoms with E-state index in [-0.39, 0.29) is 66.4 Å². The fraction of sp³-hybridized carbons (Fsp3) is 0.179. The average molecular weight is 960 g/mol. The Bertz CT molecular complexity index is 2810. The van der Waals surface area contributed by atoms with Gasteiger partial charge in [0.15, 0.2) is 5.75 Å². The predicted molar refractivity (Wildman–Crippen MR) is 257 cm³/mol. The number of rotatable bonds is 18. The maximum absolute atomic E-state index is 14.6. The highest BCUT2D eigenvalue weighted by atomic mass is 16.6. The molecule has 15 heteroatoms. The number of nitrogens with one attached hydrogen (secondary N) is 1. The third-order valence-corrected chi connectivity index (χ3v) is 11.3. The lowest BCUT2D eigenvalue weighted by Gasteiger charge is -2.30. The smallest absolute Gasteiger partial charge is 0.342 e. The summed E-state index contributed by atoms with van der Waals surface area (Å²) in [6.07, 6.45) is -0.183. The monoisotopic (exact) mass is 959 g/mol. The van der Waals surface area contributed by atoms with Gasteiger partial charge >= 0.3 is 35.8 Å². The van der Waals surface area contributed by atoms with E-state index >= 15 is 0 Å². The quantitative estimate of drug-likeness (QED) is 0.0610. The Morgan fingerprint density at radius 3 is 1.10 bits per heavy atom. The molecular formula is C56H49NO14. The Labute approximate surface area is 409 Å². The Kier molecular flexibility index (Phi) is 16.4. The minimum Gasteiger partial charge on any atom is -0.506 e. The number of benzene rings is 6. The molecule has 0 saturated carbocycles. The van der Waals surface area contributed by atoms with Gasteiger partial charge in [-0.25, -0.2) is 28.8 Å². The van der Waals surface area contributed by atoms with E-state index in [0.29, 0.717) is 33.6 Å². The van der Waals surface area contributed by atoms with Gasteiger partial charge in [-0.3, -0.25) is 0 Å². The fourth-order valence-corrected chi connectivity index (χ4v) is 7.85. The highest BCUT2D eigenvalue weighted by Gasteiger charge is 2.38. The molecule has 0 aliphatic carbocycles. The summed E-state index contributed by atoms with van der Waals surface area (Å²) in [7, 11) is 2.39. The summed E-state index contributed by atoms with van der Waals surface area (Å²) in [6.45, 7) is 2.43. The summed E-state index contributed by atoms with van der Waals surface area (Å²) in [5.74, 6) is -8.15. The van der Waals surface area contributed by atoms with E-state index in [1.54, 1.807) is 135 Å². The van der Waals surface area contributed by atoms with Gasteiger partial charge in [0, 0.05) is 17.3 Å². The second-order valence-corrected chi connectivity index (χ2v) is 16.2. The molecule has 0 bridgehead atoms. The van der Waals surface area contributed by atoms with Crippen molar-refractivity contribution in [3.63, 3.8) is 0 Å². The van der Waals surface area contributed by atoms with E-state index in [4.69, 9.17) is 33.2 Å². The molecule has 1 heterocycles. The molecule has 362 valence electrons. The zero-order valence-electron chi connectivity index (χ0n) is 39.2. The molecular weight excluding hydrogens is 911 g/mol. The molecule has 0 amide bonds. The molecule has 2 N–H and O–H groups in total. The van der Waals surface area contributed by atoms with E-state index in [1.165, 1.54) is 26.4 Å². The summed E-state index contributed by atoms with van der Waals surface area (Å²) < 4.78 is 39.6. The van der Waals surface area contributed by atoms with E-state index < -0.39 is 64.4 Å². The first-order valence-corrected chi connectivity index (χ1v) is 22.3. The maximum atomic E-state index is 14.6. The molecule has 15 nitrogen and oxygen atoms in total. The van der Waals surface area contributed by atoms with Crippen LogP contribution in [0, 0.1) is 5.92 Å². The summed E-state index contributed by atoms with van der Waals surface area (Å²) in [4.78, 5) is 83.8. The molecule has 0 aromatic heterocycles. The van der Waals surface area contributed by atoms with Crippen LogP contribution < -0.4 is 10.1 Å². The highest BCUT2D eigenvalue weighted by molar-refractivity contribution is 6.03. The number of carbonyl (C=O) groups excluding carboxylic acids is 6. The number of ether oxygens (including phenoxy) is 7. The first kappa shape index (κ1) is 49.9. The van der Waals surface area contributed by atoms with Crippen LogP contribution in [-0.4, -0.2) is 55.1 Å². The number of hydrogen-bond acceptors (Lipinski definition) is 15. The van der Waals surface area contributed by atoms with Crippen molar-refractivity contribution >= 4 is 35.8 Å². The van der Waals surface area contributed by atoms with E-state index in [9.17, 15) is 33.9 Å². The van der Waals surface area contributed by atoms with E-state index in [0.717, 1.165) is 12.1 Å². The lowest BCUT2D eigenvalue weighted by Crippen LogP contribution is -2.34. The summed E-state index contributed by atoms with van der Waals surface area (Å²) in [5.41, 5.74) is 1.99. The van der Waals surface area contributed by atoms with Crippen LogP contribution in [0.25, 0.3) is 0 Å². The molecule has 71 heavy (non-hydrogen) atoms. The van der Waals surface area contributed by atoms with E-state index in [1.807, 2.05) is 0 Å². The normalized spacial score (nSPS) is 12.3. The van der Waals surface area contributed by atoms with Crippen molar-refractivity contribution in [2.24, 2.45) is 5.92 Å². The van der Waals surface area contributed by atoms with Gasteiger partial charge in [0.25, 0.3) is 0 Å². The highest BCUT2D eigenvalue weighted by Crippen LogP contribution is 2.40. The van der Waals surface area contributed by atoms with Gasteiger partial charge in [-0.15, -0.1) is 0 Å². The number of phenolic OH excluding ortho intramolecular Hbond substituents is 1. The molecule has 0 fully saturated rings. The average Bonchev–Trinajstić information content (AvgIpc) is 3.39. The first-order valence-electron chi connectivity index (χ1n) is 22.3. The van der Waals surface area contributed by atoms with Crippen LogP contribution in [0.2, 0.25) is 0 Å². The molecule has 1 aliphatic heterocycles. The zero-order chi connectivity index (χ0) is 50.4. The van der Waals surface area contributed by atoms with Gasteiger partial charge in [-0.1, -0.05) is 121 Å². The van der Waals surface area contributed by atoms with Gasteiger partial charge in [0.1, 0.15) is 60.2 Å². The second kappa shape index (κ2) is 23.4. The van der Waals surface area contributed by atoms with Crippen LogP contribution in [0.3, 0.4) is 0 Å². The first-order chi connectivity index (χ1) is 34.3. The van der Waals surface area contributed by atoms with Crippen molar-refractivity contribution in [1.82, 2.24) is 5.32 Å². The van der Waals surface area contributed by atoms with Crippen LogP contribution in [0.5, 0.6) is 17.2 Å². The van der Waals surface area contributed by atoms with Gasteiger partial charge in [-0.05, 0) is 72.4 Å². The summed E-state index contributed by atoms with van der Waals surface area (Å²) in [5, 5.41) is 14.6.